The summed E-state index contributed by atoms with van der Waals surface area (Å²) < 4.78 is 5.00. The van der Waals surface area contributed by atoms with Crippen molar-refractivity contribution in [1.82, 2.24) is 15.5 Å². The van der Waals surface area contributed by atoms with Gasteiger partial charge in [-0.05, 0) is 24.3 Å². The maximum absolute atomic E-state index is 12.0. The lowest BCUT2D eigenvalue weighted by Gasteiger charge is -2.05. The van der Waals surface area contributed by atoms with Crippen LogP contribution in [0.15, 0.2) is 47.1 Å². The molecule has 2 heterocycles. The minimum absolute atomic E-state index is 0.198. The predicted octanol–water partition coefficient (Wildman–Crippen LogP) is 3.01. The van der Waals surface area contributed by atoms with Gasteiger partial charge in [-0.15, -0.1) is 10.2 Å². The Bertz CT molecular complexity index is 879. The van der Waals surface area contributed by atoms with Gasteiger partial charge in [-0.2, -0.15) is 0 Å². The highest BCUT2D eigenvalue weighted by molar-refractivity contribution is 7.15. The number of furan rings is 1. The topological polar surface area (TPSA) is 97.1 Å². The summed E-state index contributed by atoms with van der Waals surface area (Å²) in [4.78, 5) is 23.9. The molecule has 128 valence electrons. The van der Waals surface area contributed by atoms with E-state index in [2.05, 4.69) is 20.8 Å². The van der Waals surface area contributed by atoms with Crippen LogP contribution in [0, 0.1) is 0 Å². The van der Waals surface area contributed by atoms with E-state index in [0.29, 0.717) is 33.7 Å². The molecule has 0 aliphatic carbocycles. The molecule has 0 bridgehead atoms. The van der Waals surface area contributed by atoms with Crippen LogP contribution >= 0.6 is 22.9 Å². The first kappa shape index (κ1) is 17.1. The maximum Gasteiger partial charge on any atom is 0.293 e. The zero-order valence-corrected chi connectivity index (χ0v) is 14.4. The largest absolute Gasteiger partial charge is 0.459 e. The second-order valence-electron chi connectivity index (χ2n) is 4.92. The molecular weight excluding hydrogens is 364 g/mol. The van der Waals surface area contributed by atoms with Gasteiger partial charge in [0.15, 0.2) is 5.76 Å². The van der Waals surface area contributed by atoms with E-state index >= 15 is 0 Å². The summed E-state index contributed by atoms with van der Waals surface area (Å²) in [5.74, 6) is -0.440. The molecule has 0 fully saturated rings. The molecule has 25 heavy (non-hydrogen) atoms. The second kappa shape index (κ2) is 7.91. The summed E-state index contributed by atoms with van der Waals surface area (Å²) in [6.45, 7) is 0.380. The van der Waals surface area contributed by atoms with Crippen molar-refractivity contribution in [2.45, 2.75) is 6.42 Å². The Morgan fingerprint density at radius 2 is 1.96 bits per heavy atom. The first-order chi connectivity index (χ1) is 12.1. The van der Waals surface area contributed by atoms with Gasteiger partial charge in [-0.25, -0.2) is 0 Å². The molecule has 0 unspecified atom stereocenters. The summed E-state index contributed by atoms with van der Waals surface area (Å²) in [6.07, 6.45) is 1.91. The van der Waals surface area contributed by atoms with Crippen LogP contribution < -0.4 is 10.6 Å². The summed E-state index contributed by atoms with van der Waals surface area (Å²) in [7, 11) is 0. The molecule has 7 nitrogen and oxygen atoms in total. The van der Waals surface area contributed by atoms with E-state index in [0.717, 1.165) is 0 Å². The van der Waals surface area contributed by atoms with Crippen molar-refractivity contribution in [3.8, 4) is 0 Å². The highest BCUT2D eigenvalue weighted by Gasteiger charge is 2.13. The van der Waals surface area contributed by atoms with Crippen molar-refractivity contribution in [3.63, 3.8) is 0 Å². The molecule has 2 N–H and O–H groups in total. The Morgan fingerprint density at radius 1 is 1.12 bits per heavy atom. The standard InChI is InChI=1S/C16H13ClN4O3S/c17-11-5-2-1-4-10(11)14(22)18-8-7-13-20-21-16(25-13)19-15(23)12-6-3-9-24-12/h1-6,9H,7-8H2,(H,18,22)(H,19,21,23). The van der Waals surface area contributed by atoms with Crippen LogP contribution in [0.4, 0.5) is 5.13 Å². The third kappa shape index (κ3) is 4.43. The number of hydrogen-bond donors (Lipinski definition) is 2. The molecule has 0 radical (unpaired) electrons. The second-order valence-corrected chi connectivity index (χ2v) is 6.39. The number of nitrogens with one attached hydrogen (secondary N) is 2. The molecule has 9 heteroatoms. The fourth-order valence-corrected chi connectivity index (χ4v) is 2.95. The van der Waals surface area contributed by atoms with E-state index in [-0.39, 0.29) is 17.6 Å². The van der Waals surface area contributed by atoms with Gasteiger partial charge in [0.05, 0.1) is 16.8 Å². The molecule has 0 aliphatic rings. The van der Waals surface area contributed by atoms with Gasteiger partial charge >= 0.3 is 0 Å². The highest BCUT2D eigenvalue weighted by atomic mass is 35.5. The summed E-state index contributed by atoms with van der Waals surface area (Å²) in [6, 6.07) is 10.0. The lowest BCUT2D eigenvalue weighted by atomic mass is 10.2. The van der Waals surface area contributed by atoms with Crippen LogP contribution in [-0.4, -0.2) is 28.6 Å². The molecule has 3 rings (SSSR count). The SMILES string of the molecule is O=C(Nc1nnc(CCNC(=O)c2ccccc2Cl)s1)c1ccco1. The zero-order chi connectivity index (χ0) is 17.6. The van der Waals surface area contributed by atoms with Crippen LogP contribution in [0.3, 0.4) is 0 Å². The molecular formula is C16H13ClN4O3S. The van der Waals surface area contributed by atoms with E-state index in [1.807, 2.05) is 0 Å². The monoisotopic (exact) mass is 376 g/mol. The molecule has 2 amide bonds. The molecule has 2 aromatic heterocycles. The predicted molar refractivity (Wildman–Crippen MR) is 94.1 cm³/mol. The van der Waals surface area contributed by atoms with Crippen molar-refractivity contribution in [1.29, 1.82) is 0 Å². The zero-order valence-electron chi connectivity index (χ0n) is 12.9. The lowest BCUT2D eigenvalue weighted by molar-refractivity contribution is 0.0953. The fourth-order valence-electron chi connectivity index (χ4n) is 2.00. The first-order valence-corrected chi connectivity index (χ1v) is 8.53. The van der Waals surface area contributed by atoms with Gasteiger partial charge in [0.2, 0.25) is 5.13 Å². The fraction of sp³-hybridized carbons (Fsp3) is 0.125. The van der Waals surface area contributed by atoms with E-state index < -0.39 is 0 Å². The molecule has 3 aromatic rings. The van der Waals surface area contributed by atoms with Crippen LogP contribution in [0.25, 0.3) is 0 Å². The van der Waals surface area contributed by atoms with E-state index in [1.54, 1.807) is 36.4 Å². The average molecular weight is 377 g/mol. The van der Waals surface area contributed by atoms with E-state index in [4.69, 9.17) is 16.0 Å². The molecule has 0 aliphatic heterocycles. The van der Waals surface area contributed by atoms with Crippen molar-refractivity contribution >= 4 is 39.9 Å². The molecule has 0 atom stereocenters. The molecule has 1 aromatic carbocycles. The smallest absolute Gasteiger partial charge is 0.293 e. The quantitative estimate of drug-likeness (QED) is 0.689. The third-order valence-electron chi connectivity index (χ3n) is 3.18. The van der Waals surface area contributed by atoms with Crippen LogP contribution in [-0.2, 0) is 6.42 Å². The number of carbonyl (C=O) groups excluding carboxylic acids is 2. The van der Waals surface area contributed by atoms with Gasteiger partial charge in [0, 0.05) is 13.0 Å². The number of anilines is 1. The molecule has 0 spiro atoms. The van der Waals surface area contributed by atoms with E-state index in [9.17, 15) is 9.59 Å². The normalized spacial score (nSPS) is 10.4. The Morgan fingerprint density at radius 3 is 2.72 bits per heavy atom. The number of aromatic nitrogens is 2. The molecule has 0 saturated carbocycles. The van der Waals surface area contributed by atoms with Crippen molar-refractivity contribution in [2.75, 3.05) is 11.9 Å². The van der Waals surface area contributed by atoms with Crippen LogP contribution in [0.2, 0.25) is 5.02 Å². The lowest BCUT2D eigenvalue weighted by Crippen LogP contribution is -2.25. The number of benzene rings is 1. The number of hydrogen-bond acceptors (Lipinski definition) is 6. The van der Waals surface area contributed by atoms with Crippen molar-refractivity contribution < 1.29 is 14.0 Å². The molecule has 0 saturated heterocycles. The minimum Gasteiger partial charge on any atom is -0.459 e. The Labute approximate surface area is 152 Å². The summed E-state index contributed by atoms with van der Waals surface area (Å²) in [5.41, 5.74) is 0.424. The van der Waals surface area contributed by atoms with E-state index in [1.165, 1.54) is 17.6 Å². The number of rotatable bonds is 6. The Kier molecular flexibility index (Phi) is 5.42. The Balaban J connectivity index is 1.50. The Hall–Kier alpha value is -2.71. The summed E-state index contributed by atoms with van der Waals surface area (Å²) in [5, 5.41) is 14.7. The minimum atomic E-state index is -0.389. The number of halogens is 1. The number of amides is 2. The van der Waals surface area contributed by atoms with Gasteiger partial charge in [0.1, 0.15) is 5.01 Å². The first-order valence-electron chi connectivity index (χ1n) is 7.33. The highest BCUT2D eigenvalue weighted by Crippen LogP contribution is 2.17. The average Bonchev–Trinajstić information content (AvgIpc) is 3.27. The van der Waals surface area contributed by atoms with Crippen LogP contribution in [0.5, 0.6) is 0 Å². The van der Waals surface area contributed by atoms with Gasteiger partial charge < -0.3 is 9.73 Å². The number of carbonyl (C=O) groups is 2. The van der Waals surface area contributed by atoms with Gasteiger partial charge in [-0.1, -0.05) is 35.1 Å². The van der Waals surface area contributed by atoms with Gasteiger partial charge in [0.25, 0.3) is 11.8 Å². The summed E-state index contributed by atoms with van der Waals surface area (Å²) >= 11 is 7.22. The van der Waals surface area contributed by atoms with Crippen molar-refractivity contribution in [2.24, 2.45) is 0 Å². The van der Waals surface area contributed by atoms with Crippen molar-refractivity contribution in [3.05, 3.63) is 64.0 Å². The number of nitrogens with zero attached hydrogens (tertiary/aromatic N) is 2. The van der Waals surface area contributed by atoms with Crippen LogP contribution in [0.1, 0.15) is 25.9 Å². The van der Waals surface area contributed by atoms with Gasteiger partial charge in [-0.3, -0.25) is 14.9 Å². The third-order valence-corrected chi connectivity index (χ3v) is 4.40. The maximum atomic E-state index is 12.0.